The average molecular weight is 510 g/mol. The maximum absolute atomic E-state index is 12.9. The number of nitro benzene ring substituents is 1. The second kappa shape index (κ2) is 10.6. The van der Waals surface area contributed by atoms with E-state index < -0.39 is 28.5 Å². The van der Waals surface area contributed by atoms with Gasteiger partial charge in [-0.25, -0.2) is 0 Å². The second-order valence-corrected chi connectivity index (χ2v) is 8.27. The molecule has 0 fully saturated rings. The summed E-state index contributed by atoms with van der Waals surface area (Å²) in [6.07, 6.45) is -4.56. The molecule has 7 nitrogen and oxygen atoms in total. The van der Waals surface area contributed by atoms with E-state index in [0.29, 0.717) is 10.6 Å². The number of amides is 2. The summed E-state index contributed by atoms with van der Waals surface area (Å²) in [7, 11) is 0. The molecular formula is C22H15ClF3N3O4S. The highest BCUT2D eigenvalue weighted by molar-refractivity contribution is 8.00. The van der Waals surface area contributed by atoms with Crippen LogP contribution in [0.25, 0.3) is 0 Å². The number of hydrogen-bond donors (Lipinski definition) is 2. The summed E-state index contributed by atoms with van der Waals surface area (Å²) >= 11 is 7.01. The van der Waals surface area contributed by atoms with E-state index in [1.807, 2.05) is 0 Å². The largest absolute Gasteiger partial charge is 0.416 e. The van der Waals surface area contributed by atoms with E-state index in [4.69, 9.17) is 11.6 Å². The Morgan fingerprint density at radius 3 is 2.35 bits per heavy atom. The van der Waals surface area contributed by atoms with Crippen LogP contribution in [-0.4, -0.2) is 22.5 Å². The van der Waals surface area contributed by atoms with Crippen LogP contribution in [0.3, 0.4) is 0 Å². The summed E-state index contributed by atoms with van der Waals surface area (Å²) < 4.78 is 38.6. The third kappa shape index (κ3) is 6.72. The summed E-state index contributed by atoms with van der Waals surface area (Å²) in [5.41, 5.74) is -0.716. The first-order valence-corrected chi connectivity index (χ1v) is 10.8. The highest BCUT2D eigenvalue weighted by Gasteiger charge is 2.31. The van der Waals surface area contributed by atoms with Gasteiger partial charge in [-0.1, -0.05) is 17.7 Å². The van der Waals surface area contributed by atoms with Gasteiger partial charge in [0.05, 0.1) is 26.9 Å². The predicted molar refractivity (Wildman–Crippen MR) is 123 cm³/mol. The molecule has 0 aromatic heterocycles. The molecule has 0 unspecified atom stereocenters. The SMILES string of the molecule is O=C(CSc1ccc(NC(=O)c2cccc([N+](=O)[O-])c2)cc1)Nc1cc(C(F)(F)F)ccc1Cl. The predicted octanol–water partition coefficient (Wildman–Crippen LogP) is 6.25. The number of rotatable bonds is 7. The van der Waals surface area contributed by atoms with Crippen molar-refractivity contribution in [1.29, 1.82) is 0 Å². The van der Waals surface area contributed by atoms with E-state index >= 15 is 0 Å². The normalized spacial score (nSPS) is 11.1. The third-order valence-corrected chi connectivity index (χ3v) is 5.71. The first-order chi connectivity index (χ1) is 16.0. The maximum atomic E-state index is 12.9. The van der Waals surface area contributed by atoms with Crippen molar-refractivity contribution in [2.75, 3.05) is 16.4 Å². The van der Waals surface area contributed by atoms with Gasteiger partial charge in [-0.3, -0.25) is 19.7 Å². The summed E-state index contributed by atoms with van der Waals surface area (Å²) in [6, 6.07) is 14.4. The van der Waals surface area contributed by atoms with Crippen molar-refractivity contribution in [2.24, 2.45) is 0 Å². The molecule has 0 spiro atoms. The fourth-order valence-corrected chi connectivity index (χ4v) is 3.59. The number of non-ortho nitro benzene ring substituents is 1. The Bertz CT molecular complexity index is 1240. The van der Waals surface area contributed by atoms with Gasteiger partial charge in [-0.2, -0.15) is 13.2 Å². The lowest BCUT2D eigenvalue weighted by Crippen LogP contribution is -2.15. The molecule has 176 valence electrons. The minimum atomic E-state index is -4.56. The summed E-state index contributed by atoms with van der Waals surface area (Å²) in [4.78, 5) is 35.4. The van der Waals surface area contributed by atoms with Gasteiger partial charge in [0.25, 0.3) is 11.6 Å². The van der Waals surface area contributed by atoms with Crippen LogP contribution in [-0.2, 0) is 11.0 Å². The van der Waals surface area contributed by atoms with Crippen molar-refractivity contribution >= 4 is 52.2 Å². The first-order valence-electron chi connectivity index (χ1n) is 9.48. The smallest absolute Gasteiger partial charge is 0.324 e. The molecule has 0 aliphatic heterocycles. The quantitative estimate of drug-likeness (QED) is 0.223. The van der Waals surface area contributed by atoms with Crippen LogP contribution in [0.5, 0.6) is 0 Å². The molecule has 3 rings (SSSR count). The number of benzene rings is 3. The average Bonchev–Trinajstić information content (AvgIpc) is 2.79. The number of nitrogens with one attached hydrogen (secondary N) is 2. The van der Waals surface area contributed by atoms with E-state index in [0.717, 1.165) is 36.0 Å². The number of carbonyl (C=O) groups excluding carboxylic acids is 2. The van der Waals surface area contributed by atoms with Crippen molar-refractivity contribution < 1.29 is 27.7 Å². The van der Waals surface area contributed by atoms with Crippen LogP contribution in [0.1, 0.15) is 15.9 Å². The second-order valence-electron chi connectivity index (χ2n) is 6.82. The minimum absolute atomic E-state index is 0.0183. The van der Waals surface area contributed by atoms with Crippen molar-refractivity contribution in [1.82, 2.24) is 0 Å². The van der Waals surface area contributed by atoms with Gasteiger partial charge < -0.3 is 10.6 Å². The van der Waals surface area contributed by atoms with E-state index in [1.54, 1.807) is 24.3 Å². The molecule has 3 aromatic rings. The zero-order valence-corrected chi connectivity index (χ0v) is 18.6. The zero-order valence-electron chi connectivity index (χ0n) is 17.1. The van der Waals surface area contributed by atoms with Gasteiger partial charge in [-0.15, -0.1) is 11.8 Å². The van der Waals surface area contributed by atoms with Crippen LogP contribution in [0.2, 0.25) is 5.02 Å². The Morgan fingerprint density at radius 2 is 1.71 bits per heavy atom. The minimum Gasteiger partial charge on any atom is -0.324 e. The van der Waals surface area contributed by atoms with E-state index in [2.05, 4.69) is 10.6 Å². The van der Waals surface area contributed by atoms with Crippen molar-refractivity contribution in [2.45, 2.75) is 11.1 Å². The molecule has 0 saturated heterocycles. The molecule has 0 aliphatic rings. The van der Waals surface area contributed by atoms with Crippen molar-refractivity contribution in [3.8, 4) is 0 Å². The van der Waals surface area contributed by atoms with Gasteiger partial charge in [0, 0.05) is 28.3 Å². The third-order valence-electron chi connectivity index (χ3n) is 4.37. The Kier molecular flexibility index (Phi) is 7.79. The lowest BCUT2D eigenvalue weighted by atomic mass is 10.2. The number of hydrogen-bond acceptors (Lipinski definition) is 5. The number of halogens is 4. The molecule has 34 heavy (non-hydrogen) atoms. The van der Waals surface area contributed by atoms with Crippen molar-refractivity contribution in [3.63, 3.8) is 0 Å². The van der Waals surface area contributed by atoms with Gasteiger partial charge in [0.2, 0.25) is 5.91 Å². The summed E-state index contributed by atoms with van der Waals surface area (Å²) in [5.74, 6) is -1.16. The number of nitro groups is 1. The molecular weight excluding hydrogens is 495 g/mol. The molecule has 0 radical (unpaired) electrons. The maximum Gasteiger partial charge on any atom is 0.416 e. The highest BCUT2D eigenvalue weighted by atomic mass is 35.5. The summed E-state index contributed by atoms with van der Waals surface area (Å²) in [6.45, 7) is 0. The fraction of sp³-hybridized carbons (Fsp3) is 0.0909. The van der Waals surface area contributed by atoms with Crippen LogP contribution in [0.15, 0.2) is 71.6 Å². The summed E-state index contributed by atoms with van der Waals surface area (Å²) in [5, 5.41) is 15.8. The first kappa shape index (κ1) is 25.1. The van der Waals surface area contributed by atoms with Gasteiger partial charge in [0.1, 0.15) is 0 Å². The number of nitrogens with zero attached hydrogens (tertiary/aromatic N) is 1. The van der Waals surface area contributed by atoms with Gasteiger partial charge >= 0.3 is 6.18 Å². The van der Waals surface area contributed by atoms with Crippen molar-refractivity contribution in [3.05, 3.63) is 93.0 Å². The molecule has 0 aliphatic carbocycles. The van der Waals surface area contributed by atoms with E-state index in [-0.39, 0.29) is 27.7 Å². The van der Waals surface area contributed by atoms with Crippen LogP contribution in [0.4, 0.5) is 30.2 Å². The molecule has 0 saturated carbocycles. The number of anilines is 2. The number of thioether (sulfide) groups is 1. The molecule has 0 heterocycles. The Balaban J connectivity index is 1.56. The Labute approximate surface area is 200 Å². The monoisotopic (exact) mass is 509 g/mol. The highest BCUT2D eigenvalue weighted by Crippen LogP contribution is 2.34. The number of carbonyl (C=O) groups is 2. The lowest BCUT2D eigenvalue weighted by Gasteiger charge is -2.11. The topological polar surface area (TPSA) is 101 Å². The van der Waals surface area contributed by atoms with Crippen LogP contribution < -0.4 is 10.6 Å². The Morgan fingerprint density at radius 1 is 1.00 bits per heavy atom. The molecule has 3 aromatic carbocycles. The van der Waals surface area contributed by atoms with E-state index in [1.165, 1.54) is 18.2 Å². The zero-order chi connectivity index (χ0) is 24.9. The van der Waals surface area contributed by atoms with Crippen LogP contribution >= 0.6 is 23.4 Å². The number of alkyl halides is 3. The molecule has 12 heteroatoms. The Hall–Kier alpha value is -3.57. The molecule has 0 bridgehead atoms. The molecule has 0 atom stereocenters. The molecule has 2 N–H and O–H groups in total. The van der Waals surface area contributed by atoms with Crippen LogP contribution in [0, 0.1) is 10.1 Å². The lowest BCUT2D eigenvalue weighted by molar-refractivity contribution is -0.384. The van der Waals surface area contributed by atoms with E-state index in [9.17, 15) is 32.9 Å². The standard InChI is InChI=1S/C22H15ClF3N3O4S/c23-18-9-4-14(22(24,25)26)11-19(18)28-20(30)12-34-17-7-5-15(6-8-17)27-21(31)13-2-1-3-16(10-13)29(32)33/h1-11H,12H2,(H,27,31)(H,28,30). The van der Waals surface area contributed by atoms with Gasteiger partial charge in [0.15, 0.2) is 0 Å². The molecule has 2 amide bonds. The van der Waals surface area contributed by atoms with Gasteiger partial charge in [-0.05, 0) is 48.5 Å². The fourth-order valence-electron chi connectivity index (χ4n) is 2.73.